The van der Waals surface area contributed by atoms with Crippen LogP contribution < -0.4 is 9.47 Å². The molecular weight excluding hydrogens is 334 g/mol. The number of methoxy groups -OCH3 is 3. The first-order valence-corrected chi connectivity index (χ1v) is 8.61. The summed E-state index contributed by atoms with van der Waals surface area (Å²) in [4.78, 5) is 2.22. The lowest BCUT2D eigenvalue weighted by atomic mass is 10.1. The van der Waals surface area contributed by atoms with Gasteiger partial charge in [-0.1, -0.05) is 6.07 Å². The molecule has 0 unspecified atom stereocenters. The molecule has 0 radical (unpaired) electrons. The third-order valence-electron chi connectivity index (χ3n) is 4.11. The highest BCUT2D eigenvalue weighted by Crippen LogP contribution is 2.28. The Morgan fingerprint density at radius 3 is 2.31 bits per heavy atom. The normalized spacial score (nSPS) is 11.8. The molecule has 0 aliphatic carbocycles. The number of aliphatic hydroxyl groups is 1. The smallest absolute Gasteiger partial charge is 0.161 e. The van der Waals surface area contributed by atoms with Gasteiger partial charge in [0.15, 0.2) is 11.5 Å². The fraction of sp³-hybridized carbons (Fsp3) is 0.500. The van der Waals surface area contributed by atoms with Gasteiger partial charge in [0.2, 0.25) is 0 Å². The quantitative estimate of drug-likeness (QED) is 0.699. The molecule has 1 aromatic heterocycles. The second-order valence-corrected chi connectivity index (χ2v) is 6.72. The highest BCUT2D eigenvalue weighted by molar-refractivity contribution is 5.42. The van der Waals surface area contributed by atoms with Crippen LogP contribution >= 0.6 is 0 Å². The summed E-state index contributed by atoms with van der Waals surface area (Å²) in [6, 6.07) is 9.62. The Hall–Kier alpha value is -2.02. The average molecular weight is 363 g/mol. The number of furan rings is 1. The predicted octanol–water partition coefficient (Wildman–Crippen LogP) is 3.17. The maximum Gasteiger partial charge on any atom is 0.161 e. The molecule has 6 nitrogen and oxygen atoms in total. The standard InChI is InChI=1S/C20H29NO5/c1-20(2,22)19-9-7-16(26-19)14-21(10-11-23-3)13-15-6-8-17(24-4)18(12-15)25-5/h6-9,12,22H,10-11,13-14H2,1-5H3. The summed E-state index contributed by atoms with van der Waals surface area (Å²) in [7, 11) is 4.94. The van der Waals surface area contributed by atoms with E-state index < -0.39 is 5.60 Å². The van der Waals surface area contributed by atoms with Crippen LogP contribution in [-0.2, 0) is 23.4 Å². The lowest BCUT2D eigenvalue weighted by Gasteiger charge is -2.22. The third-order valence-corrected chi connectivity index (χ3v) is 4.11. The second-order valence-electron chi connectivity index (χ2n) is 6.72. The zero-order chi connectivity index (χ0) is 19.2. The minimum absolute atomic E-state index is 0.560. The molecule has 6 heteroatoms. The van der Waals surface area contributed by atoms with Crippen LogP contribution in [0, 0.1) is 0 Å². The number of ether oxygens (including phenoxy) is 3. The number of hydrogen-bond donors (Lipinski definition) is 1. The fourth-order valence-electron chi connectivity index (χ4n) is 2.68. The van der Waals surface area contributed by atoms with Crippen molar-refractivity contribution in [1.82, 2.24) is 4.90 Å². The Morgan fingerprint density at radius 2 is 1.73 bits per heavy atom. The van der Waals surface area contributed by atoms with Crippen LogP contribution in [0.25, 0.3) is 0 Å². The van der Waals surface area contributed by atoms with Crippen LogP contribution in [-0.4, -0.2) is 44.5 Å². The lowest BCUT2D eigenvalue weighted by molar-refractivity contribution is 0.0511. The summed E-state index contributed by atoms with van der Waals surface area (Å²) in [5.41, 5.74) is 0.118. The lowest BCUT2D eigenvalue weighted by Crippen LogP contribution is -2.26. The first-order valence-electron chi connectivity index (χ1n) is 8.61. The summed E-state index contributed by atoms with van der Waals surface area (Å²) in [5.74, 6) is 2.78. The van der Waals surface area contributed by atoms with Crippen molar-refractivity contribution in [3.05, 3.63) is 47.4 Å². The number of rotatable bonds is 10. The van der Waals surface area contributed by atoms with Crippen molar-refractivity contribution in [1.29, 1.82) is 0 Å². The van der Waals surface area contributed by atoms with E-state index in [1.54, 1.807) is 35.2 Å². The first kappa shape index (κ1) is 20.3. The Balaban J connectivity index is 2.13. The van der Waals surface area contributed by atoms with Gasteiger partial charge in [-0.3, -0.25) is 4.90 Å². The molecule has 26 heavy (non-hydrogen) atoms. The number of nitrogens with zero attached hydrogens (tertiary/aromatic N) is 1. The fourth-order valence-corrected chi connectivity index (χ4v) is 2.68. The van der Waals surface area contributed by atoms with Crippen LogP contribution in [0.15, 0.2) is 34.7 Å². The molecule has 0 atom stereocenters. The van der Waals surface area contributed by atoms with Gasteiger partial charge in [0, 0.05) is 20.2 Å². The highest BCUT2D eigenvalue weighted by Gasteiger charge is 2.21. The van der Waals surface area contributed by atoms with E-state index in [0.29, 0.717) is 37.0 Å². The van der Waals surface area contributed by atoms with Gasteiger partial charge >= 0.3 is 0 Å². The van der Waals surface area contributed by atoms with Crippen molar-refractivity contribution < 1.29 is 23.7 Å². The van der Waals surface area contributed by atoms with Gasteiger partial charge in [0.05, 0.1) is 27.4 Å². The summed E-state index contributed by atoms with van der Waals surface area (Å²) in [6.07, 6.45) is 0. The van der Waals surface area contributed by atoms with Gasteiger partial charge in [0.1, 0.15) is 17.1 Å². The van der Waals surface area contributed by atoms with Crippen LogP contribution in [0.2, 0.25) is 0 Å². The predicted molar refractivity (Wildman–Crippen MR) is 99.5 cm³/mol. The topological polar surface area (TPSA) is 64.3 Å². The van der Waals surface area contributed by atoms with E-state index in [2.05, 4.69) is 4.90 Å². The van der Waals surface area contributed by atoms with Gasteiger partial charge < -0.3 is 23.7 Å². The molecule has 0 saturated heterocycles. The van der Waals surface area contributed by atoms with Gasteiger partial charge in [-0.2, -0.15) is 0 Å². The molecule has 144 valence electrons. The van der Waals surface area contributed by atoms with E-state index >= 15 is 0 Å². The first-order chi connectivity index (χ1) is 12.4. The second kappa shape index (κ2) is 9.07. The summed E-state index contributed by atoms with van der Waals surface area (Å²) >= 11 is 0. The van der Waals surface area contributed by atoms with E-state index in [1.165, 1.54) is 0 Å². The number of benzene rings is 1. The Labute approximate surface area is 155 Å². The van der Waals surface area contributed by atoms with E-state index in [-0.39, 0.29) is 0 Å². The summed E-state index contributed by atoms with van der Waals surface area (Å²) < 4.78 is 21.7. The maximum absolute atomic E-state index is 10.1. The van der Waals surface area contributed by atoms with Gasteiger partial charge in [-0.05, 0) is 43.7 Å². The molecular formula is C20H29NO5. The van der Waals surface area contributed by atoms with Crippen LogP contribution in [0.3, 0.4) is 0 Å². The monoisotopic (exact) mass is 363 g/mol. The van der Waals surface area contributed by atoms with E-state index in [4.69, 9.17) is 18.6 Å². The minimum atomic E-state index is -0.987. The molecule has 0 fully saturated rings. The molecule has 0 bridgehead atoms. The summed E-state index contributed by atoms with van der Waals surface area (Å²) in [5, 5.41) is 10.1. The Bertz CT molecular complexity index is 690. The van der Waals surface area contributed by atoms with Crippen molar-refractivity contribution in [3.8, 4) is 11.5 Å². The highest BCUT2D eigenvalue weighted by atomic mass is 16.5. The van der Waals surface area contributed by atoms with Gasteiger partial charge in [-0.15, -0.1) is 0 Å². The van der Waals surface area contributed by atoms with E-state index in [0.717, 1.165) is 17.9 Å². The van der Waals surface area contributed by atoms with Crippen molar-refractivity contribution in [3.63, 3.8) is 0 Å². The molecule has 0 amide bonds. The van der Waals surface area contributed by atoms with Gasteiger partial charge in [-0.25, -0.2) is 0 Å². The van der Waals surface area contributed by atoms with E-state index in [1.807, 2.05) is 30.3 Å². The van der Waals surface area contributed by atoms with Crippen molar-refractivity contribution >= 4 is 0 Å². The van der Waals surface area contributed by atoms with Gasteiger partial charge in [0.25, 0.3) is 0 Å². The molecule has 0 spiro atoms. The van der Waals surface area contributed by atoms with Crippen LogP contribution in [0.4, 0.5) is 0 Å². The Kier molecular flexibility index (Phi) is 7.08. The van der Waals surface area contributed by atoms with Crippen molar-refractivity contribution in [2.75, 3.05) is 34.5 Å². The van der Waals surface area contributed by atoms with Crippen LogP contribution in [0.1, 0.15) is 30.9 Å². The van der Waals surface area contributed by atoms with Crippen molar-refractivity contribution in [2.24, 2.45) is 0 Å². The maximum atomic E-state index is 10.1. The SMILES string of the molecule is COCCN(Cc1ccc(OC)c(OC)c1)Cc1ccc(C(C)(C)O)o1. The van der Waals surface area contributed by atoms with Crippen LogP contribution in [0.5, 0.6) is 11.5 Å². The molecule has 0 aliphatic heterocycles. The third kappa shape index (κ3) is 5.49. The average Bonchev–Trinajstić information content (AvgIpc) is 3.08. The summed E-state index contributed by atoms with van der Waals surface area (Å²) in [6.45, 7) is 6.12. The molecule has 2 aromatic rings. The van der Waals surface area contributed by atoms with E-state index in [9.17, 15) is 5.11 Å². The molecule has 2 rings (SSSR count). The van der Waals surface area contributed by atoms with Crippen molar-refractivity contribution in [2.45, 2.75) is 32.5 Å². The number of hydrogen-bond acceptors (Lipinski definition) is 6. The zero-order valence-electron chi connectivity index (χ0n) is 16.2. The molecule has 0 saturated carbocycles. The molecule has 1 aromatic carbocycles. The Morgan fingerprint density at radius 1 is 1.00 bits per heavy atom. The largest absolute Gasteiger partial charge is 0.493 e. The molecule has 1 N–H and O–H groups in total. The molecule has 1 heterocycles. The molecule has 0 aliphatic rings. The minimum Gasteiger partial charge on any atom is -0.493 e. The zero-order valence-corrected chi connectivity index (χ0v) is 16.2.